The van der Waals surface area contributed by atoms with E-state index in [9.17, 15) is 9.59 Å². The quantitative estimate of drug-likeness (QED) is 0.438. The van der Waals surface area contributed by atoms with Crippen LogP contribution in [0.5, 0.6) is 0 Å². The zero-order valence-corrected chi connectivity index (χ0v) is 21.0. The second-order valence-electron chi connectivity index (χ2n) is 9.29. The number of amides is 2. The van der Waals surface area contributed by atoms with Crippen molar-refractivity contribution in [2.45, 2.75) is 78.6 Å². The van der Waals surface area contributed by atoms with E-state index >= 15 is 0 Å². The van der Waals surface area contributed by atoms with E-state index in [1.807, 2.05) is 58.0 Å². The highest BCUT2D eigenvalue weighted by Gasteiger charge is 2.36. The van der Waals surface area contributed by atoms with Gasteiger partial charge in [0.2, 0.25) is 5.91 Å². The van der Waals surface area contributed by atoms with Gasteiger partial charge in [0.05, 0.1) is 12.1 Å². The third-order valence-electron chi connectivity index (χ3n) is 4.89. The van der Waals surface area contributed by atoms with E-state index in [0.29, 0.717) is 18.8 Å². The summed E-state index contributed by atoms with van der Waals surface area (Å²) in [5.41, 5.74) is 1.08. The molecule has 0 spiro atoms. The lowest BCUT2D eigenvalue weighted by molar-refractivity contribution is -0.123. The van der Waals surface area contributed by atoms with Crippen molar-refractivity contribution in [1.29, 1.82) is 0 Å². The Kier molecular flexibility index (Phi) is 11.2. The van der Waals surface area contributed by atoms with Gasteiger partial charge < -0.3 is 19.9 Å². The van der Waals surface area contributed by atoms with Crippen molar-refractivity contribution in [1.82, 2.24) is 20.6 Å². The minimum Gasteiger partial charge on any atom is -0.408 e. The van der Waals surface area contributed by atoms with Crippen molar-refractivity contribution in [3.8, 4) is 0 Å². The highest BCUT2D eigenvalue weighted by molar-refractivity contribution is 6.47. The maximum atomic E-state index is 13.5. The number of hydrogen-bond acceptors (Lipinski definition) is 6. The zero-order chi connectivity index (χ0) is 25.1. The summed E-state index contributed by atoms with van der Waals surface area (Å²) in [6, 6.07) is 8.75. The van der Waals surface area contributed by atoms with E-state index in [0.717, 1.165) is 5.56 Å². The van der Waals surface area contributed by atoms with Crippen LogP contribution in [-0.4, -0.2) is 53.1 Å². The highest BCUT2D eigenvalue weighted by Crippen LogP contribution is 2.14. The number of benzene rings is 1. The Bertz CT molecular complexity index is 871. The fourth-order valence-corrected chi connectivity index (χ4v) is 3.50. The first-order chi connectivity index (χ1) is 16.2. The van der Waals surface area contributed by atoms with Crippen LogP contribution in [0, 0.1) is 5.92 Å². The third-order valence-corrected chi connectivity index (χ3v) is 4.89. The molecule has 9 heteroatoms. The molecule has 0 fully saturated rings. The first-order valence-electron chi connectivity index (χ1n) is 11.9. The average molecular weight is 468 g/mol. The topological polar surface area (TPSA) is 102 Å². The molecule has 0 bridgehead atoms. The molecule has 0 saturated heterocycles. The Labute approximate surface area is 203 Å². The van der Waals surface area contributed by atoms with Crippen LogP contribution in [0.3, 0.4) is 0 Å². The Morgan fingerprint density at radius 3 is 2.12 bits per heavy atom. The fourth-order valence-electron chi connectivity index (χ4n) is 3.50. The summed E-state index contributed by atoms with van der Waals surface area (Å²) < 4.78 is 12.1. The standard InChI is InChI=1S/C25H37BN4O4/c1-17(2)14-23(26(33-18(3)4)34-19(5)6)30-24(31)21(15-20-10-8-7-9-11-20)29-25(32)22-16-27-12-13-28-22/h7-13,16-19,21,23H,14-15H2,1-6H3,(H,29,32)(H,30,31)/t21-,23-/m0/s1. The van der Waals surface area contributed by atoms with Gasteiger partial charge in [-0.15, -0.1) is 0 Å². The molecule has 1 heterocycles. The van der Waals surface area contributed by atoms with Crippen LogP contribution in [0.2, 0.25) is 0 Å². The molecule has 2 atom stereocenters. The summed E-state index contributed by atoms with van der Waals surface area (Å²) in [6.07, 6.45) is 5.14. The Morgan fingerprint density at radius 2 is 1.59 bits per heavy atom. The number of carbonyl (C=O) groups is 2. The molecule has 8 nitrogen and oxygen atoms in total. The summed E-state index contributed by atoms with van der Waals surface area (Å²) in [5.74, 6) is -0.862. The fraction of sp³-hybridized carbons (Fsp3) is 0.520. The second-order valence-corrected chi connectivity index (χ2v) is 9.29. The maximum Gasteiger partial charge on any atom is 0.481 e. The minimum absolute atomic E-state index is 0.0770. The minimum atomic E-state index is -0.815. The molecule has 0 saturated carbocycles. The Hall–Kier alpha value is -2.78. The van der Waals surface area contributed by atoms with Gasteiger partial charge in [-0.25, -0.2) is 4.98 Å². The van der Waals surface area contributed by atoms with Crippen LogP contribution in [-0.2, 0) is 20.5 Å². The smallest absolute Gasteiger partial charge is 0.408 e. The van der Waals surface area contributed by atoms with E-state index in [-0.39, 0.29) is 29.8 Å². The number of nitrogens with one attached hydrogen (secondary N) is 2. The molecule has 0 radical (unpaired) electrons. The monoisotopic (exact) mass is 468 g/mol. The van der Waals surface area contributed by atoms with Crippen molar-refractivity contribution in [2.75, 3.05) is 0 Å². The van der Waals surface area contributed by atoms with Crippen LogP contribution >= 0.6 is 0 Å². The normalized spacial score (nSPS) is 13.1. The molecule has 1 aromatic carbocycles. The zero-order valence-electron chi connectivity index (χ0n) is 21.0. The van der Waals surface area contributed by atoms with Gasteiger partial charge in [0, 0.05) is 31.0 Å². The molecular formula is C25H37BN4O4. The van der Waals surface area contributed by atoms with Crippen LogP contribution in [0.15, 0.2) is 48.9 Å². The van der Waals surface area contributed by atoms with E-state index in [1.54, 1.807) is 0 Å². The largest absolute Gasteiger partial charge is 0.481 e. The van der Waals surface area contributed by atoms with Gasteiger partial charge >= 0.3 is 7.12 Å². The molecule has 0 aliphatic heterocycles. The molecule has 2 N–H and O–H groups in total. The predicted molar refractivity (Wildman–Crippen MR) is 133 cm³/mol. The van der Waals surface area contributed by atoms with E-state index < -0.39 is 19.1 Å². The molecule has 0 unspecified atom stereocenters. The van der Waals surface area contributed by atoms with Crippen molar-refractivity contribution in [2.24, 2.45) is 5.92 Å². The Morgan fingerprint density at radius 1 is 0.941 bits per heavy atom. The third kappa shape index (κ3) is 9.61. The number of carbonyl (C=O) groups excluding carboxylic acids is 2. The summed E-state index contributed by atoms with van der Waals surface area (Å²) >= 11 is 0. The summed E-state index contributed by atoms with van der Waals surface area (Å²) in [5, 5.41) is 5.92. The van der Waals surface area contributed by atoms with Gasteiger partial charge in [0.15, 0.2) is 0 Å². The molecule has 0 aliphatic rings. The predicted octanol–water partition coefficient (Wildman–Crippen LogP) is 3.23. The van der Waals surface area contributed by atoms with E-state index in [4.69, 9.17) is 9.31 Å². The average Bonchev–Trinajstić information content (AvgIpc) is 2.78. The molecule has 34 heavy (non-hydrogen) atoms. The second kappa shape index (κ2) is 13.8. The van der Waals surface area contributed by atoms with Crippen LogP contribution < -0.4 is 10.6 Å². The molecule has 1 aromatic heterocycles. The molecule has 2 rings (SSSR count). The molecule has 2 aromatic rings. The summed E-state index contributed by atoms with van der Waals surface area (Å²) in [4.78, 5) is 34.3. The van der Waals surface area contributed by atoms with Crippen molar-refractivity contribution < 1.29 is 18.9 Å². The summed E-state index contributed by atoms with van der Waals surface area (Å²) in [7, 11) is -0.612. The number of nitrogens with zero attached hydrogens (tertiary/aromatic N) is 2. The van der Waals surface area contributed by atoms with Crippen molar-refractivity contribution in [3.63, 3.8) is 0 Å². The maximum absolute atomic E-state index is 13.5. The lowest BCUT2D eigenvalue weighted by Gasteiger charge is -2.30. The molecule has 184 valence electrons. The van der Waals surface area contributed by atoms with E-state index in [1.165, 1.54) is 18.6 Å². The van der Waals surface area contributed by atoms with Crippen molar-refractivity contribution in [3.05, 3.63) is 60.2 Å². The Balaban J connectivity index is 2.26. The number of hydrogen-bond donors (Lipinski definition) is 2. The lowest BCUT2D eigenvalue weighted by atomic mass is 9.73. The first-order valence-corrected chi connectivity index (χ1v) is 11.9. The van der Waals surface area contributed by atoms with Gasteiger partial charge in [0.25, 0.3) is 5.91 Å². The van der Waals surface area contributed by atoms with Crippen LogP contribution in [0.25, 0.3) is 0 Å². The molecule has 2 amide bonds. The van der Waals surface area contributed by atoms with Gasteiger partial charge in [-0.05, 0) is 45.6 Å². The van der Waals surface area contributed by atoms with Gasteiger partial charge in [-0.1, -0.05) is 44.2 Å². The van der Waals surface area contributed by atoms with Gasteiger partial charge in [-0.2, -0.15) is 0 Å². The van der Waals surface area contributed by atoms with Gasteiger partial charge in [0.1, 0.15) is 11.7 Å². The number of rotatable bonds is 13. The summed E-state index contributed by atoms with van der Waals surface area (Å²) in [6.45, 7) is 11.9. The first kappa shape index (κ1) is 27.5. The lowest BCUT2D eigenvalue weighted by Crippen LogP contribution is -2.57. The SMILES string of the molecule is CC(C)C[C@H](NC(=O)[C@H](Cc1ccccc1)NC(=O)c1cnccn1)B(OC(C)C)OC(C)C. The molecular weight excluding hydrogens is 431 g/mol. The van der Waals surface area contributed by atoms with Gasteiger partial charge in [-0.3, -0.25) is 14.6 Å². The molecule has 0 aliphatic carbocycles. The van der Waals surface area contributed by atoms with Crippen LogP contribution in [0.4, 0.5) is 0 Å². The number of aromatic nitrogens is 2. The van der Waals surface area contributed by atoms with E-state index in [2.05, 4.69) is 34.4 Å². The van der Waals surface area contributed by atoms with Crippen LogP contribution in [0.1, 0.15) is 64.0 Å². The highest BCUT2D eigenvalue weighted by atomic mass is 16.6. The van der Waals surface area contributed by atoms with Crippen molar-refractivity contribution >= 4 is 18.9 Å².